The van der Waals surface area contributed by atoms with E-state index in [1.54, 1.807) is 12.2 Å². The van der Waals surface area contributed by atoms with E-state index in [2.05, 4.69) is 17.6 Å². The van der Waals surface area contributed by atoms with Crippen LogP contribution in [-0.4, -0.2) is 32.4 Å². The molecule has 1 aliphatic carbocycles. The summed E-state index contributed by atoms with van der Waals surface area (Å²) >= 11 is 0. The Morgan fingerprint density at radius 3 is 2.33 bits per heavy atom. The van der Waals surface area contributed by atoms with Crippen LogP contribution >= 0.6 is 0 Å². The lowest BCUT2D eigenvalue weighted by atomic mass is 9.89. The van der Waals surface area contributed by atoms with Crippen molar-refractivity contribution in [1.82, 2.24) is 5.32 Å². The molecule has 160 valence electrons. The van der Waals surface area contributed by atoms with Crippen LogP contribution in [0.2, 0.25) is 0 Å². The lowest BCUT2D eigenvalue weighted by Crippen LogP contribution is -2.61. The molecule has 0 saturated carbocycles. The van der Waals surface area contributed by atoms with Crippen molar-refractivity contribution in [2.24, 2.45) is 5.14 Å². The number of allylic oxidation sites excluding steroid dienone is 2. The minimum Gasteiger partial charge on any atom is -0.477 e. The average molecular weight is 428 g/mol. The number of anilines is 1. The maximum Gasteiger partial charge on any atom is 0.220 e. The van der Waals surface area contributed by atoms with Gasteiger partial charge in [0.25, 0.3) is 0 Å². The first-order valence-corrected chi connectivity index (χ1v) is 11.7. The second-order valence-corrected chi connectivity index (χ2v) is 8.97. The zero-order valence-electron chi connectivity index (χ0n) is 17.1. The maximum atomic E-state index is 12.6. The molecule has 7 heteroatoms. The highest BCUT2D eigenvalue weighted by molar-refractivity contribution is 7.90. The third-order valence-electron chi connectivity index (χ3n) is 5.04. The van der Waals surface area contributed by atoms with Gasteiger partial charge in [-0.1, -0.05) is 61.9 Å². The van der Waals surface area contributed by atoms with Gasteiger partial charge in [0.2, 0.25) is 10.0 Å². The molecule has 2 aromatic carbocycles. The van der Waals surface area contributed by atoms with Crippen LogP contribution in [0.3, 0.4) is 0 Å². The van der Waals surface area contributed by atoms with Gasteiger partial charge in [0, 0.05) is 12.2 Å². The summed E-state index contributed by atoms with van der Waals surface area (Å²) in [6.45, 7) is 3.02. The Bertz CT molecular complexity index is 975. The molecule has 0 amide bonds. The van der Waals surface area contributed by atoms with Crippen molar-refractivity contribution >= 4 is 15.7 Å². The number of ether oxygens (including phenoxy) is 1. The van der Waals surface area contributed by atoms with Crippen molar-refractivity contribution in [1.29, 1.82) is 0 Å². The summed E-state index contributed by atoms with van der Waals surface area (Å²) < 4.78 is 31.7. The van der Waals surface area contributed by atoms with Gasteiger partial charge in [-0.05, 0) is 36.8 Å². The zero-order chi connectivity index (χ0) is 21.5. The van der Waals surface area contributed by atoms with Gasteiger partial charge < -0.3 is 15.4 Å². The monoisotopic (exact) mass is 427 g/mol. The fraction of sp³-hybridized carbons (Fsp3) is 0.304. The molecule has 2 aromatic rings. The number of primary sulfonamides is 1. The van der Waals surface area contributed by atoms with Crippen molar-refractivity contribution in [3.63, 3.8) is 0 Å². The highest BCUT2D eigenvalue weighted by Gasteiger charge is 2.50. The van der Waals surface area contributed by atoms with Gasteiger partial charge in [0.1, 0.15) is 11.0 Å². The topological polar surface area (TPSA) is 93.5 Å². The Morgan fingerprint density at radius 2 is 1.70 bits per heavy atom. The van der Waals surface area contributed by atoms with Crippen LogP contribution in [0.25, 0.3) is 0 Å². The molecular formula is C23H29N3O3S. The molecular weight excluding hydrogens is 398 g/mol. The summed E-state index contributed by atoms with van der Waals surface area (Å²) in [7, 11) is -3.95. The SMILES string of the molecule is CCCCNC1=CC=CC(S(N)(=O)=O)C1(CNc1ccccc1)Oc1ccccc1. The number of rotatable bonds is 10. The molecule has 0 saturated heterocycles. The Morgan fingerprint density at radius 1 is 1.03 bits per heavy atom. The lowest BCUT2D eigenvalue weighted by Gasteiger charge is -2.42. The Kier molecular flexibility index (Phi) is 7.18. The second-order valence-electron chi connectivity index (χ2n) is 7.28. The van der Waals surface area contributed by atoms with E-state index in [4.69, 9.17) is 9.88 Å². The molecule has 2 atom stereocenters. The van der Waals surface area contributed by atoms with Crippen molar-refractivity contribution in [3.05, 3.63) is 84.6 Å². The van der Waals surface area contributed by atoms with Crippen LogP contribution in [-0.2, 0) is 10.0 Å². The standard InChI is InChI=1S/C23H29N3O3S/c1-2-3-17-25-21-15-10-16-22(30(24,27)28)23(21,29-20-13-8-5-9-14-20)18-26-19-11-6-4-7-12-19/h4-16,22,25-26H,2-3,17-18H2,1H3,(H2,24,27,28). The Hall–Kier alpha value is -2.77. The van der Waals surface area contributed by atoms with Crippen LogP contribution in [0, 0.1) is 0 Å². The number of nitrogens with one attached hydrogen (secondary N) is 2. The molecule has 6 nitrogen and oxygen atoms in total. The van der Waals surface area contributed by atoms with Gasteiger partial charge in [0.05, 0.1) is 12.2 Å². The molecule has 2 unspecified atom stereocenters. The number of sulfonamides is 1. The van der Waals surface area contributed by atoms with Crippen LogP contribution in [0.15, 0.2) is 84.6 Å². The number of hydrogen-bond donors (Lipinski definition) is 3. The minimum absolute atomic E-state index is 0.211. The molecule has 0 aliphatic heterocycles. The molecule has 0 spiro atoms. The Labute approximate surface area is 178 Å². The first kappa shape index (κ1) is 21.9. The lowest BCUT2D eigenvalue weighted by molar-refractivity contribution is 0.116. The van der Waals surface area contributed by atoms with Crippen molar-refractivity contribution < 1.29 is 13.2 Å². The molecule has 0 radical (unpaired) electrons. The quantitative estimate of drug-likeness (QED) is 0.505. The minimum atomic E-state index is -3.95. The van der Waals surface area contributed by atoms with Crippen molar-refractivity contribution in [2.75, 3.05) is 18.4 Å². The van der Waals surface area contributed by atoms with E-state index in [0.29, 0.717) is 18.0 Å². The molecule has 30 heavy (non-hydrogen) atoms. The van der Waals surface area contributed by atoms with Gasteiger partial charge in [-0.3, -0.25) is 0 Å². The summed E-state index contributed by atoms with van der Waals surface area (Å²) in [5.74, 6) is 0.569. The molecule has 1 aliphatic rings. The van der Waals surface area contributed by atoms with Gasteiger partial charge in [-0.15, -0.1) is 0 Å². The summed E-state index contributed by atoms with van der Waals surface area (Å²) in [5.41, 5.74) is 0.293. The molecule has 0 heterocycles. The van der Waals surface area contributed by atoms with Crippen LogP contribution in [0.1, 0.15) is 19.8 Å². The normalized spacial score (nSPS) is 21.0. The fourth-order valence-electron chi connectivity index (χ4n) is 3.52. The zero-order valence-corrected chi connectivity index (χ0v) is 17.9. The van der Waals surface area contributed by atoms with E-state index in [1.165, 1.54) is 0 Å². The Balaban J connectivity index is 2.04. The van der Waals surface area contributed by atoms with E-state index in [9.17, 15) is 8.42 Å². The highest BCUT2D eigenvalue weighted by Crippen LogP contribution is 2.34. The van der Waals surface area contributed by atoms with Gasteiger partial charge >= 0.3 is 0 Å². The first-order valence-electron chi connectivity index (χ1n) is 10.1. The predicted molar refractivity (Wildman–Crippen MR) is 122 cm³/mol. The average Bonchev–Trinajstić information content (AvgIpc) is 2.74. The van der Waals surface area contributed by atoms with Crippen LogP contribution in [0.5, 0.6) is 5.75 Å². The predicted octanol–water partition coefficient (Wildman–Crippen LogP) is 3.42. The first-order chi connectivity index (χ1) is 14.5. The molecule has 4 N–H and O–H groups in total. The third kappa shape index (κ3) is 5.23. The number of benzene rings is 2. The van der Waals surface area contributed by atoms with E-state index < -0.39 is 20.9 Å². The van der Waals surface area contributed by atoms with Gasteiger partial charge in [-0.25, -0.2) is 13.6 Å². The summed E-state index contributed by atoms with van der Waals surface area (Å²) in [5, 5.41) is 11.4. The maximum absolute atomic E-state index is 12.6. The highest BCUT2D eigenvalue weighted by atomic mass is 32.2. The third-order valence-corrected chi connectivity index (χ3v) is 6.28. The van der Waals surface area contributed by atoms with Crippen LogP contribution in [0.4, 0.5) is 5.69 Å². The number of hydrogen-bond acceptors (Lipinski definition) is 5. The summed E-state index contributed by atoms with van der Waals surface area (Å²) in [6.07, 6.45) is 7.15. The van der Waals surface area contributed by atoms with Crippen LogP contribution < -0.4 is 20.5 Å². The fourth-order valence-corrected chi connectivity index (χ4v) is 4.62. The number of unbranched alkanes of at least 4 members (excludes halogenated alkanes) is 1. The van der Waals surface area contributed by atoms with E-state index in [1.807, 2.05) is 66.7 Å². The second kappa shape index (κ2) is 9.82. The molecule has 0 fully saturated rings. The van der Waals surface area contributed by atoms with E-state index >= 15 is 0 Å². The smallest absolute Gasteiger partial charge is 0.220 e. The van der Waals surface area contributed by atoms with Gasteiger partial charge in [0.15, 0.2) is 5.60 Å². The number of para-hydroxylation sites is 2. The van der Waals surface area contributed by atoms with E-state index in [0.717, 1.165) is 18.5 Å². The number of nitrogens with two attached hydrogens (primary N) is 1. The largest absolute Gasteiger partial charge is 0.477 e. The van der Waals surface area contributed by atoms with E-state index in [-0.39, 0.29) is 6.54 Å². The van der Waals surface area contributed by atoms with Crippen molar-refractivity contribution in [3.8, 4) is 5.75 Å². The molecule has 0 bridgehead atoms. The molecule has 0 aromatic heterocycles. The summed E-state index contributed by atoms with van der Waals surface area (Å²) in [4.78, 5) is 0. The molecule has 3 rings (SSSR count). The van der Waals surface area contributed by atoms with Crippen molar-refractivity contribution in [2.45, 2.75) is 30.6 Å². The van der Waals surface area contributed by atoms with Gasteiger partial charge in [-0.2, -0.15) is 0 Å². The summed E-state index contributed by atoms with van der Waals surface area (Å²) in [6, 6.07) is 18.8.